The van der Waals surface area contributed by atoms with E-state index in [1.807, 2.05) is 36.7 Å². The first kappa shape index (κ1) is 25.4. The lowest BCUT2D eigenvalue weighted by molar-refractivity contribution is 0.636. The number of fused-ring (bicyclic) bond motifs is 5. The standard InChI is InChI=1S/C41H27N3O/c1-4-12-28(13-5-1)37-34-24-25-36-38(40(34)45-39(37)29-14-6-2-7-15-29)33-18-10-11-19-35(33)44(36)32-22-20-30(21-23-32)41-42-26-27-43(41)31-16-8-3-9-17-31/h1-27H. The third-order valence-electron chi connectivity index (χ3n) is 8.65. The SMILES string of the molecule is c1ccc(-c2oc3c(ccc4c3c3ccccc3n4-c3ccc(-c4nccn4-c4ccccc4)cc3)c2-c2ccccc2)cc1. The second kappa shape index (κ2) is 10.2. The molecule has 0 saturated carbocycles. The molecule has 0 aliphatic rings. The maximum absolute atomic E-state index is 6.91. The third kappa shape index (κ3) is 4.04. The predicted octanol–water partition coefficient (Wildman–Crippen LogP) is 10.7. The molecule has 0 aliphatic heterocycles. The maximum atomic E-state index is 6.91. The van der Waals surface area contributed by atoms with Crippen LogP contribution < -0.4 is 0 Å². The minimum absolute atomic E-state index is 0.888. The summed E-state index contributed by atoms with van der Waals surface area (Å²) >= 11 is 0. The van der Waals surface area contributed by atoms with Gasteiger partial charge in [0.05, 0.1) is 16.4 Å². The Labute approximate surface area is 260 Å². The van der Waals surface area contributed by atoms with Crippen molar-refractivity contribution in [3.8, 4) is 45.2 Å². The number of aromatic nitrogens is 3. The average molecular weight is 578 g/mol. The van der Waals surface area contributed by atoms with Crippen LogP contribution in [0.25, 0.3) is 78.0 Å². The van der Waals surface area contributed by atoms with E-state index < -0.39 is 0 Å². The summed E-state index contributed by atoms with van der Waals surface area (Å²) in [6, 6.07) is 53.0. The van der Waals surface area contributed by atoms with Crippen molar-refractivity contribution < 1.29 is 4.42 Å². The van der Waals surface area contributed by atoms with E-state index in [0.717, 1.165) is 78.0 Å². The molecule has 212 valence electrons. The molecule has 3 aromatic heterocycles. The van der Waals surface area contributed by atoms with Crippen molar-refractivity contribution in [2.45, 2.75) is 0 Å². The van der Waals surface area contributed by atoms with Gasteiger partial charge in [-0.3, -0.25) is 4.57 Å². The van der Waals surface area contributed by atoms with Crippen molar-refractivity contribution in [2.75, 3.05) is 0 Å². The molecule has 0 N–H and O–H groups in total. The molecular formula is C41H27N3O. The van der Waals surface area contributed by atoms with E-state index in [0.29, 0.717) is 0 Å². The van der Waals surface area contributed by atoms with Gasteiger partial charge >= 0.3 is 0 Å². The van der Waals surface area contributed by atoms with Crippen LogP contribution in [0.2, 0.25) is 0 Å². The quantitative estimate of drug-likeness (QED) is 0.204. The summed E-state index contributed by atoms with van der Waals surface area (Å²) in [6.07, 6.45) is 3.86. The first-order chi connectivity index (χ1) is 22.3. The van der Waals surface area contributed by atoms with Crippen molar-refractivity contribution in [2.24, 2.45) is 0 Å². The summed E-state index contributed by atoms with van der Waals surface area (Å²) in [6.45, 7) is 0. The Morgan fingerprint density at radius 1 is 0.489 bits per heavy atom. The van der Waals surface area contributed by atoms with E-state index in [-0.39, 0.29) is 0 Å². The van der Waals surface area contributed by atoms with Crippen LogP contribution in [0.5, 0.6) is 0 Å². The van der Waals surface area contributed by atoms with Crippen LogP contribution in [-0.2, 0) is 0 Å². The molecule has 0 atom stereocenters. The number of imidazole rings is 1. The second-order valence-corrected chi connectivity index (χ2v) is 11.2. The molecule has 9 aromatic rings. The fraction of sp³-hybridized carbons (Fsp3) is 0. The fourth-order valence-corrected chi connectivity index (χ4v) is 6.64. The zero-order valence-corrected chi connectivity index (χ0v) is 24.3. The minimum atomic E-state index is 0.888. The molecule has 4 heteroatoms. The van der Waals surface area contributed by atoms with E-state index >= 15 is 0 Å². The molecule has 0 fully saturated rings. The fourth-order valence-electron chi connectivity index (χ4n) is 6.64. The molecule has 0 aliphatic carbocycles. The maximum Gasteiger partial charge on any atom is 0.145 e. The summed E-state index contributed by atoms with van der Waals surface area (Å²) < 4.78 is 11.4. The summed E-state index contributed by atoms with van der Waals surface area (Å²) in [5, 5.41) is 3.39. The van der Waals surface area contributed by atoms with Crippen molar-refractivity contribution in [1.29, 1.82) is 0 Å². The van der Waals surface area contributed by atoms with Crippen LogP contribution in [0.4, 0.5) is 0 Å². The summed E-state index contributed by atoms with van der Waals surface area (Å²) in [5.41, 5.74) is 9.70. The topological polar surface area (TPSA) is 35.9 Å². The number of para-hydroxylation sites is 2. The van der Waals surface area contributed by atoms with Gasteiger partial charge in [-0.25, -0.2) is 4.98 Å². The Morgan fingerprint density at radius 3 is 1.91 bits per heavy atom. The number of benzene rings is 6. The molecule has 0 saturated heterocycles. The van der Waals surface area contributed by atoms with Crippen LogP contribution in [0, 0.1) is 0 Å². The lowest BCUT2D eigenvalue weighted by Crippen LogP contribution is -1.97. The number of rotatable bonds is 5. The highest BCUT2D eigenvalue weighted by molar-refractivity contribution is 6.22. The van der Waals surface area contributed by atoms with Gasteiger partial charge in [0.25, 0.3) is 0 Å². The van der Waals surface area contributed by atoms with Gasteiger partial charge in [-0.2, -0.15) is 0 Å². The van der Waals surface area contributed by atoms with Gasteiger partial charge in [-0.15, -0.1) is 0 Å². The van der Waals surface area contributed by atoms with Gasteiger partial charge in [0.15, 0.2) is 0 Å². The summed E-state index contributed by atoms with van der Waals surface area (Å²) in [5.74, 6) is 1.80. The van der Waals surface area contributed by atoms with Crippen LogP contribution in [0.15, 0.2) is 168 Å². The Bertz CT molecular complexity index is 2450. The second-order valence-electron chi connectivity index (χ2n) is 11.2. The Balaban J connectivity index is 1.26. The molecular weight excluding hydrogens is 550 g/mol. The number of nitrogens with zero attached hydrogens (tertiary/aromatic N) is 3. The number of hydrogen-bond acceptors (Lipinski definition) is 2. The molecule has 0 amide bonds. The van der Waals surface area contributed by atoms with Crippen molar-refractivity contribution in [1.82, 2.24) is 14.1 Å². The zero-order valence-electron chi connectivity index (χ0n) is 24.3. The van der Waals surface area contributed by atoms with Gasteiger partial charge in [-0.1, -0.05) is 97.1 Å². The third-order valence-corrected chi connectivity index (χ3v) is 8.65. The zero-order chi connectivity index (χ0) is 29.7. The van der Waals surface area contributed by atoms with Gasteiger partial charge in [0.2, 0.25) is 0 Å². The van der Waals surface area contributed by atoms with Crippen LogP contribution in [0.1, 0.15) is 0 Å². The average Bonchev–Trinajstić information content (AvgIpc) is 3.84. The Morgan fingerprint density at radius 2 is 1.16 bits per heavy atom. The van der Waals surface area contributed by atoms with Gasteiger partial charge in [0, 0.05) is 51.2 Å². The lowest BCUT2D eigenvalue weighted by atomic mass is 9.98. The molecule has 0 bridgehead atoms. The molecule has 0 unspecified atom stereocenters. The molecule has 9 rings (SSSR count). The normalized spacial score (nSPS) is 11.6. The summed E-state index contributed by atoms with van der Waals surface area (Å²) in [7, 11) is 0. The van der Waals surface area contributed by atoms with Crippen molar-refractivity contribution in [3.05, 3.63) is 164 Å². The van der Waals surface area contributed by atoms with E-state index in [2.05, 4.69) is 137 Å². The Kier molecular flexibility index (Phi) is 5.78. The first-order valence-corrected chi connectivity index (χ1v) is 15.1. The molecule has 6 aromatic carbocycles. The number of hydrogen-bond donors (Lipinski definition) is 0. The highest BCUT2D eigenvalue weighted by atomic mass is 16.3. The van der Waals surface area contributed by atoms with E-state index in [1.54, 1.807) is 0 Å². The molecule has 3 heterocycles. The monoisotopic (exact) mass is 577 g/mol. The van der Waals surface area contributed by atoms with Crippen molar-refractivity contribution in [3.63, 3.8) is 0 Å². The summed E-state index contributed by atoms with van der Waals surface area (Å²) in [4.78, 5) is 4.69. The Hall–Kier alpha value is -6.13. The lowest BCUT2D eigenvalue weighted by Gasteiger charge is -2.11. The highest BCUT2D eigenvalue weighted by Crippen LogP contribution is 2.46. The smallest absolute Gasteiger partial charge is 0.145 e. The number of furan rings is 1. The minimum Gasteiger partial charge on any atom is -0.455 e. The van der Waals surface area contributed by atoms with Crippen LogP contribution in [0.3, 0.4) is 0 Å². The van der Waals surface area contributed by atoms with E-state index in [9.17, 15) is 0 Å². The van der Waals surface area contributed by atoms with E-state index in [1.165, 1.54) is 0 Å². The highest BCUT2D eigenvalue weighted by Gasteiger charge is 2.23. The van der Waals surface area contributed by atoms with Crippen molar-refractivity contribution >= 4 is 32.8 Å². The predicted molar refractivity (Wildman–Crippen MR) is 184 cm³/mol. The van der Waals surface area contributed by atoms with Crippen LogP contribution >= 0.6 is 0 Å². The molecule has 0 radical (unpaired) electrons. The van der Waals surface area contributed by atoms with E-state index in [4.69, 9.17) is 9.40 Å². The molecule has 4 nitrogen and oxygen atoms in total. The van der Waals surface area contributed by atoms with Gasteiger partial charge in [0.1, 0.15) is 17.2 Å². The van der Waals surface area contributed by atoms with Gasteiger partial charge in [-0.05, 0) is 60.2 Å². The van der Waals surface area contributed by atoms with Crippen LogP contribution in [-0.4, -0.2) is 14.1 Å². The molecule has 45 heavy (non-hydrogen) atoms. The first-order valence-electron chi connectivity index (χ1n) is 15.1. The largest absolute Gasteiger partial charge is 0.455 e. The van der Waals surface area contributed by atoms with Gasteiger partial charge < -0.3 is 8.98 Å². The molecule has 0 spiro atoms.